The van der Waals surface area contributed by atoms with Gasteiger partial charge in [-0.3, -0.25) is 10.1 Å². The van der Waals surface area contributed by atoms with E-state index in [2.05, 4.69) is 10.2 Å². The molecule has 0 saturated carbocycles. The summed E-state index contributed by atoms with van der Waals surface area (Å²) in [5, 5.41) is 17.6. The highest BCUT2D eigenvalue weighted by Crippen LogP contribution is 2.26. The van der Waals surface area contributed by atoms with E-state index in [0.29, 0.717) is 19.4 Å². The van der Waals surface area contributed by atoms with Crippen LogP contribution in [0.15, 0.2) is 10.2 Å². The van der Waals surface area contributed by atoms with Gasteiger partial charge in [-0.25, -0.2) is 0 Å². The van der Waals surface area contributed by atoms with Crippen LogP contribution in [0.5, 0.6) is 0 Å². The van der Waals surface area contributed by atoms with E-state index < -0.39 is 5.66 Å². The number of rotatable bonds is 2. The summed E-state index contributed by atoms with van der Waals surface area (Å²) in [7, 11) is 0. The first-order chi connectivity index (χ1) is 4.71. The zero-order valence-corrected chi connectivity index (χ0v) is 5.78. The number of azo groups is 1. The van der Waals surface area contributed by atoms with Gasteiger partial charge in [0, 0.05) is 6.42 Å². The number of nitro groups is 1. The van der Waals surface area contributed by atoms with Crippen molar-refractivity contribution in [1.82, 2.24) is 0 Å². The predicted molar refractivity (Wildman–Crippen MR) is 34.4 cm³/mol. The third-order valence-corrected chi connectivity index (χ3v) is 1.78. The van der Waals surface area contributed by atoms with Gasteiger partial charge in [0.15, 0.2) is 0 Å². The monoisotopic (exact) mass is 143 g/mol. The highest BCUT2D eigenvalue weighted by Gasteiger charge is 2.43. The molecular formula is C5H9N3O2. The van der Waals surface area contributed by atoms with Crippen molar-refractivity contribution in [1.29, 1.82) is 0 Å². The van der Waals surface area contributed by atoms with Gasteiger partial charge < -0.3 is 0 Å². The van der Waals surface area contributed by atoms with Crippen LogP contribution in [0.1, 0.15) is 19.8 Å². The molecule has 0 fully saturated rings. The standard InChI is InChI=1S/C5H9N3O2/c1-2-5(8(9)10)3-4-6-7-5/h2-4H2,1H3. The second-order valence-corrected chi connectivity index (χ2v) is 2.31. The first-order valence-electron chi connectivity index (χ1n) is 3.24. The molecule has 5 heteroatoms. The number of hydrogen-bond donors (Lipinski definition) is 0. The maximum absolute atomic E-state index is 10.4. The van der Waals surface area contributed by atoms with Crippen LogP contribution in [0.2, 0.25) is 0 Å². The fraction of sp³-hybridized carbons (Fsp3) is 1.00. The lowest BCUT2D eigenvalue weighted by Crippen LogP contribution is -2.33. The molecule has 0 saturated heterocycles. The average molecular weight is 143 g/mol. The molecule has 1 rings (SSSR count). The number of hydrogen-bond acceptors (Lipinski definition) is 4. The average Bonchev–Trinajstić information content (AvgIpc) is 2.35. The van der Waals surface area contributed by atoms with Crippen molar-refractivity contribution in [2.45, 2.75) is 25.4 Å². The van der Waals surface area contributed by atoms with E-state index in [1.807, 2.05) is 0 Å². The summed E-state index contributed by atoms with van der Waals surface area (Å²) in [5.41, 5.74) is -1.08. The summed E-state index contributed by atoms with van der Waals surface area (Å²) in [5.74, 6) is 0. The topological polar surface area (TPSA) is 67.9 Å². The Balaban J connectivity index is 2.78. The molecule has 1 unspecified atom stereocenters. The van der Waals surface area contributed by atoms with Crippen LogP contribution in [0.25, 0.3) is 0 Å². The molecule has 1 atom stereocenters. The fourth-order valence-corrected chi connectivity index (χ4v) is 0.965. The molecule has 56 valence electrons. The second kappa shape index (κ2) is 2.32. The zero-order chi connectivity index (χ0) is 7.61. The lowest BCUT2D eigenvalue weighted by Gasteiger charge is -2.11. The van der Waals surface area contributed by atoms with Gasteiger partial charge in [0.1, 0.15) is 0 Å². The highest BCUT2D eigenvalue weighted by molar-refractivity contribution is 4.78. The van der Waals surface area contributed by atoms with E-state index in [9.17, 15) is 10.1 Å². The lowest BCUT2D eigenvalue weighted by atomic mass is 10.1. The summed E-state index contributed by atoms with van der Waals surface area (Å²) < 4.78 is 0. The molecule has 0 N–H and O–H groups in total. The largest absolute Gasteiger partial charge is 0.330 e. The van der Waals surface area contributed by atoms with Gasteiger partial charge in [0.25, 0.3) is 0 Å². The van der Waals surface area contributed by atoms with Crippen molar-refractivity contribution in [2.24, 2.45) is 10.2 Å². The minimum absolute atomic E-state index is 0.344. The lowest BCUT2D eigenvalue weighted by molar-refractivity contribution is -0.568. The van der Waals surface area contributed by atoms with Crippen LogP contribution in [-0.4, -0.2) is 17.1 Å². The summed E-state index contributed by atoms with van der Waals surface area (Å²) >= 11 is 0. The Labute approximate surface area is 58.3 Å². The van der Waals surface area contributed by atoms with Crippen LogP contribution in [0, 0.1) is 10.1 Å². The van der Waals surface area contributed by atoms with Gasteiger partial charge in [-0.05, 0) is 0 Å². The van der Waals surface area contributed by atoms with Crippen molar-refractivity contribution >= 4 is 0 Å². The summed E-state index contributed by atoms with van der Waals surface area (Å²) in [6.07, 6.45) is 0.889. The fourth-order valence-electron chi connectivity index (χ4n) is 0.965. The van der Waals surface area contributed by atoms with Crippen molar-refractivity contribution in [3.05, 3.63) is 10.1 Å². The van der Waals surface area contributed by atoms with Crippen LogP contribution in [0.3, 0.4) is 0 Å². The third-order valence-electron chi connectivity index (χ3n) is 1.78. The van der Waals surface area contributed by atoms with E-state index >= 15 is 0 Å². The Hall–Kier alpha value is -1.00. The molecule has 1 heterocycles. The molecule has 10 heavy (non-hydrogen) atoms. The minimum atomic E-state index is -1.08. The van der Waals surface area contributed by atoms with Crippen LogP contribution in [0.4, 0.5) is 0 Å². The van der Waals surface area contributed by atoms with Gasteiger partial charge in [0.2, 0.25) is 0 Å². The Bertz CT molecular complexity index is 180. The molecule has 0 aromatic rings. The van der Waals surface area contributed by atoms with Crippen LogP contribution >= 0.6 is 0 Å². The van der Waals surface area contributed by atoms with E-state index in [4.69, 9.17) is 0 Å². The molecule has 0 spiro atoms. The SMILES string of the molecule is CCC1([N+](=O)[O-])CCN=N1. The van der Waals surface area contributed by atoms with Crippen LogP contribution in [-0.2, 0) is 0 Å². The molecule has 5 nitrogen and oxygen atoms in total. The molecule has 0 aromatic heterocycles. The molecular weight excluding hydrogens is 134 g/mol. The van der Waals surface area contributed by atoms with E-state index in [1.165, 1.54) is 0 Å². The van der Waals surface area contributed by atoms with Crippen molar-refractivity contribution in [3.8, 4) is 0 Å². The van der Waals surface area contributed by atoms with Gasteiger partial charge in [-0.15, -0.1) is 5.11 Å². The molecule has 0 aliphatic carbocycles. The van der Waals surface area contributed by atoms with E-state index in [-0.39, 0.29) is 4.92 Å². The molecule has 1 aliphatic heterocycles. The third kappa shape index (κ3) is 0.872. The quantitative estimate of drug-likeness (QED) is 0.431. The van der Waals surface area contributed by atoms with Gasteiger partial charge in [-0.2, -0.15) is 5.11 Å². The molecule has 0 bridgehead atoms. The Morgan fingerprint density at radius 3 is 2.70 bits per heavy atom. The molecule has 0 radical (unpaired) electrons. The van der Waals surface area contributed by atoms with Gasteiger partial charge >= 0.3 is 5.66 Å². The maximum Gasteiger partial charge on any atom is 0.330 e. The first kappa shape index (κ1) is 7.11. The normalized spacial score (nSPS) is 30.9. The molecule has 0 amide bonds. The van der Waals surface area contributed by atoms with E-state index in [0.717, 1.165) is 0 Å². The van der Waals surface area contributed by atoms with E-state index in [1.54, 1.807) is 6.92 Å². The highest BCUT2D eigenvalue weighted by atomic mass is 16.6. The summed E-state index contributed by atoms with van der Waals surface area (Å²) in [4.78, 5) is 10.1. The van der Waals surface area contributed by atoms with Crippen molar-refractivity contribution in [2.75, 3.05) is 6.54 Å². The van der Waals surface area contributed by atoms with Gasteiger partial charge in [-0.1, -0.05) is 6.92 Å². The summed E-state index contributed by atoms with van der Waals surface area (Å²) in [6, 6.07) is 0. The predicted octanol–water partition coefficient (Wildman–Crippen LogP) is 1.23. The molecule has 0 aromatic carbocycles. The Morgan fingerprint density at radius 2 is 2.50 bits per heavy atom. The molecule has 1 aliphatic rings. The Morgan fingerprint density at radius 1 is 1.80 bits per heavy atom. The first-order valence-corrected chi connectivity index (χ1v) is 3.24. The minimum Gasteiger partial charge on any atom is -0.262 e. The summed E-state index contributed by atoms with van der Waals surface area (Å²) in [6.45, 7) is 2.25. The zero-order valence-electron chi connectivity index (χ0n) is 5.78. The van der Waals surface area contributed by atoms with Crippen molar-refractivity contribution in [3.63, 3.8) is 0 Å². The smallest absolute Gasteiger partial charge is 0.262 e. The van der Waals surface area contributed by atoms with Gasteiger partial charge in [0.05, 0.1) is 17.9 Å². The Kier molecular flexibility index (Phi) is 1.65. The van der Waals surface area contributed by atoms with Crippen molar-refractivity contribution < 1.29 is 4.92 Å². The number of nitrogens with zero attached hydrogens (tertiary/aromatic N) is 3. The van der Waals surface area contributed by atoms with Crippen LogP contribution < -0.4 is 0 Å². The second-order valence-electron chi connectivity index (χ2n) is 2.31. The maximum atomic E-state index is 10.4.